The molecule has 1 rings (SSSR count). The minimum Gasteiger partial charge on any atom is -0.384 e. The van der Waals surface area contributed by atoms with Crippen molar-refractivity contribution in [2.75, 3.05) is 11.9 Å². The molecule has 2 nitrogen and oxygen atoms in total. The zero-order chi connectivity index (χ0) is 13.9. The van der Waals surface area contributed by atoms with E-state index in [1.807, 2.05) is 6.07 Å². The fraction of sp³-hybridized carbons (Fsp3) is 0.562. The van der Waals surface area contributed by atoms with Crippen molar-refractivity contribution in [3.63, 3.8) is 0 Å². The SMILES string of the molecule is CCCCCCCCCNc1cc(Cl)ccc1C#N. The number of nitrogens with one attached hydrogen (secondary N) is 1. The van der Waals surface area contributed by atoms with Crippen LogP contribution in [0.25, 0.3) is 0 Å². The van der Waals surface area contributed by atoms with Crippen LogP contribution in [0, 0.1) is 11.3 Å². The first kappa shape index (κ1) is 15.9. The molecule has 0 saturated carbocycles. The number of hydrogen-bond acceptors (Lipinski definition) is 2. The van der Waals surface area contributed by atoms with Crippen LogP contribution in [0.4, 0.5) is 5.69 Å². The summed E-state index contributed by atoms with van der Waals surface area (Å²) < 4.78 is 0. The zero-order valence-corrected chi connectivity index (χ0v) is 12.5. The molecule has 1 aromatic rings. The van der Waals surface area contributed by atoms with Gasteiger partial charge in [-0.2, -0.15) is 5.26 Å². The van der Waals surface area contributed by atoms with E-state index in [0.717, 1.165) is 18.7 Å². The van der Waals surface area contributed by atoms with Crippen LogP contribution in [0.1, 0.15) is 57.4 Å². The average Bonchev–Trinajstić information content (AvgIpc) is 2.42. The standard InChI is InChI=1S/C16H23ClN2/c1-2-3-4-5-6-7-8-11-19-16-12-15(17)10-9-14(16)13-18/h9-10,12,19H,2-8,11H2,1H3. The van der Waals surface area contributed by atoms with Crippen LogP contribution in [0.3, 0.4) is 0 Å². The van der Waals surface area contributed by atoms with Gasteiger partial charge in [0, 0.05) is 11.6 Å². The van der Waals surface area contributed by atoms with E-state index in [1.165, 1.54) is 38.5 Å². The largest absolute Gasteiger partial charge is 0.384 e. The third-order valence-electron chi connectivity index (χ3n) is 3.20. The number of anilines is 1. The molecule has 0 amide bonds. The van der Waals surface area contributed by atoms with Crippen LogP contribution >= 0.6 is 11.6 Å². The third kappa shape index (κ3) is 6.50. The van der Waals surface area contributed by atoms with Crippen molar-refractivity contribution in [2.45, 2.75) is 51.9 Å². The summed E-state index contributed by atoms with van der Waals surface area (Å²) in [4.78, 5) is 0. The van der Waals surface area contributed by atoms with Crippen LogP contribution in [0.2, 0.25) is 5.02 Å². The van der Waals surface area contributed by atoms with Gasteiger partial charge in [-0.3, -0.25) is 0 Å². The van der Waals surface area contributed by atoms with Gasteiger partial charge in [0.15, 0.2) is 0 Å². The third-order valence-corrected chi connectivity index (χ3v) is 3.43. The lowest BCUT2D eigenvalue weighted by Crippen LogP contribution is -2.03. The van der Waals surface area contributed by atoms with E-state index in [0.29, 0.717) is 10.6 Å². The molecule has 1 N–H and O–H groups in total. The highest BCUT2D eigenvalue weighted by atomic mass is 35.5. The zero-order valence-electron chi connectivity index (χ0n) is 11.7. The number of benzene rings is 1. The molecule has 1 aromatic carbocycles. The molecular formula is C16H23ClN2. The van der Waals surface area contributed by atoms with E-state index in [2.05, 4.69) is 18.3 Å². The van der Waals surface area contributed by atoms with Crippen molar-refractivity contribution in [3.8, 4) is 6.07 Å². The number of rotatable bonds is 9. The molecule has 0 aromatic heterocycles. The van der Waals surface area contributed by atoms with E-state index in [1.54, 1.807) is 12.1 Å². The Morgan fingerprint density at radius 2 is 1.79 bits per heavy atom. The number of hydrogen-bond donors (Lipinski definition) is 1. The monoisotopic (exact) mass is 278 g/mol. The van der Waals surface area contributed by atoms with Crippen molar-refractivity contribution in [3.05, 3.63) is 28.8 Å². The van der Waals surface area contributed by atoms with Crippen molar-refractivity contribution >= 4 is 17.3 Å². The molecule has 0 aliphatic rings. The van der Waals surface area contributed by atoms with Gasteiger partial charge in [0.1, 0.15) is 6.07 Å². The summed E-state index contributed by atoms with van der Waals surface area (Å²) in [6.07, 6.45) is 9.05. The molecule has 19 heavy (non-hydrogen) atoms. The number of nitriles is 1. The molecule has 0 atom stereocenters. The van der Waals surface area contributed by atoms with Crippen molar-refractivity contribution < 1.29 is 0 Å². The molecular weight excluding hydrogens is 256 g/mol. The Morgan fingerprint density at radius 1 is 1.11 bits per heavy atom. The Balaban J connectivity index is 2.19. The van der Waals surface area contributed by atoms with E-state index >= 15 is 0 Å². The Bertz CT molecular complexity index is 410. The van der Waals surface area contributed by atoms with Crippen LogP contribution in [0.5, 0.6) is 0 Å². The lowest BCUT2D eigenvalue weighted by Gasteiger charge is -2.08. The molecule has 0 bridgehead atoms. The highest BCUT2D eigenvalue weighted by Gasteiger charge is 2.01. The Kier molecular flexibility index (Phi) is 8.09. The fourth-order valence-corrected chi connectivity index (χ4v) is 2.24. The molecule has 0 unspecified atom stereocenters. The van der Waals surface area contributed by atoms with E-state index in [4.69, 9.17) is 16.9 Å². The van der Waals surface area contributed by atoms with Gasteiger partial charge in [-0.15, -0.1) is 0 Å². The van der Waals surface area contributed by atoms with Crippen molar-refractivity contribution in [1.82, 2.24) is 0 Å². The van der Waals surface area contributed by atoms with Crippen LogP contribution < -0.4 is 5.32 Å². The average molecular weight is 279 g/mol. The summed E-state index contributed by atoms with van der Waals surface area (Å²) in [6.45, 7) is 3.14. The molecule has 0 heterocycles. The van der Waals surface area contributed by atoms with Gasteiger partial charge in [-0.05, 0) is 24.6 Å². The van der Waals surface area contributed by atoms with Gasteiger partial charge in [-0.25, -0.2) is 0 Å². The highest BCUT2D eigenvalue weighted by Crippen LogP contribution is 2.20. The van der Waals surface area contributed by atoms with Gasteiger partial charge >= 0.3 is 0 Å². The predicted molar refractivity (Wildman–Crippen MR) is 82.6 cm³/mol. The van der Waals surface area contributed by atoms with E-state index < -0.39 is 0 Å². The first-order valence-corrected chi connectivity index (χ1v) is 7.59. The minimum absolute atomic E-state index is 0.660. The van der Waals surface area contributed by atoms with E-state index in [-0.39, 0.29) is 0 Å². The predicted octanol–water partition coefficient (Wildman–Crippen LogP) is 5.37. The fourth-order valence-electron chi connectivity index (χ4n) is 2.07. The lowest BCUT2D eigenvalue weighted by atomic mass is 10.1. The molecule has 0 fully saturated rings. The van der Waals surface area contributed by atoms with Crippen molar-refractivity contribution in [1.29, 1.82) is 5.26 Å². The van der Waals surface area contributed by atoms with E-state index in [9.17, 15) is 0 Å². The van der Waals surface area contributed by atoms with Gasteiger partial charge in [0.25, 0.3) is 0 Å². The van der Waals surface area contributed by atoms with Crippen molar-refractivity contribution in [2.24, 2.45) is 0 Å². The quantitative estimate of drug-likeness (QED) is 0.616. The Hall–Kier alpha value is -1.20. The summed E-state index contributed by atoms with van der Waals surface area (Å²) in [7, 11) is 0. The lowest BCUT2D eigenvalue weighted by molar-refractivity contribution is 0.596. The second-order valence-electron chi connectivity index (χ2n) is 4.85. The minimum atomic E-state index is 0.660. The first-order valence-electron chi connectivity index (χ1n) is 7.21. The highest BCUT2D eigenvalue weighted by molar-refractivity contribution is 6.30. The summed E-state index contributed by atoms with van der Waals surface area (Å²) in [5.74, 6) is 0. The topological polar surface area (TPSA) is 35.8 Å². The Labute approximate surface area is 121 Å². The summed E-state index contributed by atoms with van der Waals surface area (Å²) >= 11 is 5.94. The maximum Gasteiger partial charge on any atom is 0.101 e. The van der Waals surface area contributed by atoms with Gasteiger partial charge in [0.05, 0.1) is 11.3 Å². The smallest absolute Gasteiger partial charge is 0.101 e. The normalized spacial score (nSPS) is 10.2. The Morgan fingerprint density at radius 3 is 2.47 bits per heavy atom. The molecule has 104 valence electrons. The summed E-state index contributed by atoms with van der Waals surface area (Å²) in [6, 6.07) is 7.51. The van der Waals surface area contributed by atoms with Gasteiger partial charge in [0.2, 0.25) is 0 Å². The maximum absolute atomic E-state index is 9.00. The van der Waals surface area contributed by atoms with Crippen LogP contribution in [-0.2, 0) is 0 Å². The maximum atomic E-state index is 9.00. The number of nitrogens with zero attached hydrogens (tertiary/aromatic N) is 1. The van der Waals surface area contributed by atoms with Gasteiger partial charge in [-0.1, -0.05) is 57.0 Å². The molecule has 0 saturated heterocycles. The van der Waals surface area contributed by atoms with Crippen LogP contribution in [0.15, 0.2) is 18.2 Å². The van der Waals surface area contributed by atoms with Crippen LogP contribution in [-0.4, -0.2) is 6.54 Å². The summed E-state index contributed by atoms with van der Waals surface area (Å²) in [5.41, 5.74) is 1.51. The molecule has 0 radical (unpaired) electrons. The molecule has 0 spiro atoms. The summed E-state index contributed by atoms with van der Waals surface area (Å²) in [5, 5.41) is 13.0. The second kappa shape index (κ2) is 9.69. The molecule has 0 aliphatic heterocycles. The number of halogens is 1. The number of unbranched alkanes of at least 4 members (excludes halogenated alkanes) is 6. The van der Waals surface area contributed by atoms with Gasteiger partial charge < -0.3 is 5.32 Å². The first-order chi connectivity index (χ1) is 9.27. The molecule has 0 aliphatic carbocycles. The second-order valence-corrected chi connectivity index (χ2v) is 5.29. The molecule has 3 heteroatoms.